The molecule has 1 aromatic carbocycles. The van der Waals surface area contributed by atoms with Crippen LogP contribution >= 0.6 is 15.9 Å². The number of rotatable bonds is 2. The van der Waals surface area contributed by atoms with Crippen molar-refractivity contribution in [2.24, 2.45) is 7.05 Å². The molecule has 1 aliphatic rings. The van der Waals surface area contributed by atoms with Crippen molar-refractivity contribution in [3.63, 3.8) is 0 Å². The van der Waals surface area contributed by atoms with Gasteiger partial charge in [-0.05, 0) is 50.6 Å². The second-order valence-electron chi connectivity index (χ2n) is 5.51. The number of piperidine rings is 1. The zero-order valence-electron chi connectivity index (χ0n) is 12.0. The minimum atomic E-state index is 0.637. The van der Waals surface area contributed by atoms with Crippen LogP contribution in [0.4, 0.5) is 0 Å². The van der Waals surface area contributed by atoms with Crippen molar-refractivity contribution < 1.29 is 0 Å². The first-order valence-electron chi connectivity index (χ1n) is 7.17. The first-order chi connectivity index (χ1) is 9.66. The largest absolute Gasteiger partial charge is 0.317 e. The molecule has 4 heteroatoms. The van der Waals surface area contributed by atoms with Crippen LogP contribution in [0, 0.1) is 6.92 Å². The first-order valence-corrected chi connectivity index (χ1v) is 7.96. The Morgan fingerprint density at radius 2 is 1.85 bits per heavy atom. The highest BCUT2D eigenvalue weighted by molar-refractivity contribution is 9.10. The minimum Gasteiger partial charge on any atom is -0.317 e. The quantitative estimate of drug-likeness (QED) is 0.909. The van der Waals surface area contributed by atoms with Gasteiger partial charge in [0.2, 0.25) is 0 Å². The molecule has 1 aromatic heterocycles. The molecule has 3 nitrogen and oxygen atoms in total. The standard InChI is InChI=1S/C16H20BrN3/c1-11-15(12-3-5-14(17)6-4-12)19-20(2)16(11)13-7-9-18-10-8-13/h3-6,13,18H,7-10H2,1-2H3. The van der Waals surface area contributed by atoms with E-state index in [-0.39, 0.29) is 0 Å². The molecule has 0 amide bonds. The molecule has 0 saturated carbocycles. The number of benzene rings is 1. The SMILES string of the molecule is Cc1c(-c2ccc(Br)cc2)nn(C)c1C1CCNCC1. The average Bonchev–Trinajstić information content (AvgIpc) is 2.76. The lowest BCUT2D eigenvalue weighted by Gasteiger charge is -2.23. The summed E-state index contributed by atoms with van der Waals surface area (Å²) in [5, 5.41) is 8.20. The molecule has 0 spiro atoms. The normalized spacial score (nSPS) is 16.6. The van der Waals surface area contributed by atoms with Crippen LogP contribution in [0.3, 0.4) is 0 Å². The van der Waals surface area contributed by atoms with Gasteiger partial charge in [0, 0.05) is 28.7 Å². The zero-order valence-corrected chi connectivity index (χ0v) is 13.6. The van der Waals surface area contributed by atoms with Crippen LogP contribution < -0.4 is 5.32 Å². The summed E-state index contributed by atoms with van der Waals surface area (Å²) in [6.07, 6.45) is 2.42. The Hall–Kier alpha value is -1.13. The molecular formula is C16H20BrN3. The lowest BCUT2D eigenvalue weighted by atomic mass is 9.91. The van der Waals surface area contributed by atoms with Crippen molar-refractivity contribution >= 4 is 15.9 Å². The van der Waals surface area contributed by atoms with Crippen LogP contribution in [0.2, 0.25) is 0 Å². The van der Waals surface area contributed by atoms with E-state index in [0.29, 0.717) is 5.92 Å². The molecule has 0 bridgehead atoms. The van der Waals surface area contributed by atoms with Gasteiger partial charge in [0.25, 0.3) is 0 Å². The number of hydrogen-bond donors (Lipinski definition) is 1. The third kappa shape index (κ3) is 2.54. The van der Waals surface area contributed by atoms with Crippen LogP contribution in [0.15, 0.2) is 28.7 Å². The number of aromatic nitrogens is 2. The van der Waals surface area contributed by atoms with E-state index in [4.69, 9.17) is 5.10 Å². The topological polar surface area (TPSA) is 29.9 Å². The second-order valence-corrected chi connectivity index (χ2v) is 6.43. The van der Waals surface area contributed by atoms with Gasteiger partial charge < -0.3 is 5.32 Å². The molecule has 1 N–H and O–H groups in total. The van der Waals surface area contributed by atoms with Crippen LogP contribution in [-0.4, -0.2) is 22.9 Å². The van der Waals surface area contributed by atoms with E-state index in [1.165, 1.54) is 29.7 Å². The molecule has 1 saturated heterocycles. The Morgan fingerprint density at radius 3 is 2.50 bits per heavy atom. The first kappa shape index (κ1) is 13.8. The predicted molar refractivity (Wildman–Crippen MR) is 85.9 cm³/mol. The van der Waals surface area contributed by atoms with Crippen molar-refractivity contribution in [1.82, 2.24) is 15.1 Å². The lowest BCUT2D eigenvalue weighted by Crippen LogP contribution is -2.27. The van der Waals surface area contributed by atoms with Gasteiger partial charge in [0.15, 0.2) is 0 Å². The second kappa shape index (κ2) is 5.70. The fourth-order valence-corrected chi connectivity index (χ4v) is 3.45. The van der Waals surface area contributed by atoms with Crippen molar-refractivity contribution in [3.05, 3.63) is 40.0 Å². The Bertz CT molecular complexity index is 595. The minimum absolute atomic E-state index is 0.637. The van der Waals surface area contributed by atoms with Gasteiger partial charge in [-0.2, -0.15) is 5.10 Å². The van der Waals surface area contributed by atoms with E-state index in [1.54, 1.807) is 0 Å². The fourth-order valence-electron chi connectivity index (χ4n) is 3.19. The number of nitrogens with zero attached hydrogens (tertiary/aromatic N) is 2. The number of hydrogen-bond acceptors (Lipinski definition) is 2. The van der Waals surface area contributed by atoms with E-state index < -0.39 is 0 Å². The Kier molecular flexibility index (Phi) is 3.94. The molecule has 1 aliphatic heterocycles. The molecule has 2 heterocycles. The number of aryl methyl sites for hydroxylation is 1. The summed E-state index contributed by atoms with van der Waals surface area (Å²) < 4.78 is 3.19. The van der Waals surface area contributed by atoms with Gasteiger partial charge in [0.05, 0.1) is 5.69 Å². The molecular weight excluding hydrogens is 314 g/mol. The van der Waals surface area contributed by atoms with Crippen molar-refractivity contribution in [3.8, 4) is 11.3 Å². The third-order valence-corrected chi connectivity index (χ3v) is 4.71. The van der Waals surface area contributed by atoms with Crippen molar-refractivity contribution in [2.45, 2.75) is 25.7 Å². The summed E-state index contributed by atoms with van der Waals surface area (Å²) in [7, 11) is 2.08. The van der Waals surface area contributed by atoms with E-state index in [0.717, 1.165) is 23.3 Å². The molecule has 0 unspecified atom stereocenters. The molecule has 0 aliphatic carbocycles. The maximum atomic E-state index is 4.77. The highest BCUT2D eigenvalue weighted by Gasteiger charge is 2.23. The maximum Gasteiger partial charge on any atom is 0.0955 e. The van der Waals surface area contributed by atoms with Crippen LogP contribution in [0.5, 0.6) is 0 Å². The van der Waals surface area contributed by atoms with Gasteiger partial charge >= 0.3 is 0 Å². The van der Waals surface area contributed by atoms with E-state index >= 15 is 0 Å². The van der Waals surface area contributed by atoms with Crippen molar-refractivity contribution in [2.75, 3.05) is 13.1 Å². The van der Waals surface area contributed by atoms with Crippen LogP contribution in [0.1, 0.15) is 30.0 Å². The molecule has 0 radical (unpaired) electrons. The zero-order chi connectivity index (χ0) is 14.1. The summed E-state index contributed by atoms with van der Waals surface area (Å²) in [6, 6.07) is 8.42. The average molecular weight is 334 g/mol. The van der Waals surface area contributed by atoms with E-state index in [9.17, 15) is 0 Å². The Labute approximate surface area is 128 Å². The van der Waals surface area contributed by atoms with Crippen molar-refractivity contribution in [1.29, 1.82) is 0 Å². The van der Waals surface area contributed by atoms with Crippen LogP contribution in [0.25, 0.3) is 11.3 Å². The van der Waals surface area contributed by atoms with Gasteiger partial charge in [-0.1, -0.05) is 28.1 Å². The van der Waals surface area contributed by atoms with Gasteiger partial charge in [-0.15, -0.1) is 0 Å². The molecule has 0 atom stereocenters. The summed E-state index contributed by atoms with van der Waals surface area (Å²) in [5.41, 5.74) is 5.06. The maximum absolute atomic E-state index is 4.77. The molecule has 106 valence electrons. The van der Waals surface area contributed by atoms with Gasteiger partial charge in [0.1, 0.15) is 0 Å². The van der Waals surface area contributed by atoms with Gasteiger partial charge in [-0.3, -0.25) is 4.68 Å². The third-order valence-electron chi connectivity index (χ3n) is 4.18. The monoisotopic (exact) mass is 333 g/mol. The lowest BCUT2D eigenvalue weighted by molar-refractivity contribution is 0.438. The highest BCUT2D eigenvalue weighted by Crippen LogP contribution is 2.33. The summed E-state index contributed by atoms with van der Waals surface area (Å²) >= 11 is 3.49. The summed E-state index contributed by atoms with van der Waals surface area (Å²) in [5.74, 6) is 0.637. The smallest absolute Gasteiger partial charge is 0.0955 e. The number of nitrogens with one attached hydrogen (secondary N) is 1. The molecule has 2 aromatic rings. The molecule has 1 fully saturated rings. The summed E-state index contributed by atoms with van der Waals surface area (Å²) in [6.45, 7) is 4.44. The predicted octanol–water partition coefficient (Wildman–Crippen LogP) is 3.63. The van der Waals surface area contributed by atoms with Crippen LogP contribution in [-0.2, 0) is 7.05 Å². The Balaban J connectivity index is 1.99. The fraction of sp³-hybridized carbons (Fsp3) is 0.438. The number of halogens is 1. The highest BCUT2D eigenvalue weighted by atomic mass is 79.9. The van der Waals surface area contributed by atoms with E-state index in [1.807, 2.05) is 0 Å². The summed E-state index contributed by atoms with van der Waals surface area (Å²) in [4.78, 5) is 0. The van der Waals surface area contributed by atoms with Gasteiger partial charge in [-0.25, -0.2) is 0 Å². The Morgan fingerprint density at radius 1 is 1.20 bits per heavy atom. The van der Waals surface area contributed by atoms with E-state index in [2.05, 4.69) is 64.2 Å². The molecule has 3 rings (SSSR count). The molecule has 20 heavy (non-hydrogen) atoms.